The molecule has 0 aliphatic carbocycles. The van der Waals surface area contributed by atoms with Gasteiger partial charge in [-0.1, -0.05) is 44.9 Å². The molecule has 0 saturated carbocycles. The SMILES string of the molecule is CCC(CC)COC(=O)[C@H](C)NP(=O)(OCC1O[C@@](C)(c2ccc3c(N)ncnn23)[C@@H]2OC(C)(C)O[C@H]12)Oc1ccccc1. The summed E-state index contributed by atoms with van der Waals surface area (Å²) < 4.78 is 52.4. The van der Waals surface area contributed by atoms with Gasteiger partial charge < -0.3 is 29.2 Å². The first kappa shape index (κ1) is 32.3. The number of anilines is 1. The lowest BCUT2D eigenvalue weighted by Crippen LogP contribution is -2.39. The van der Waals surface area contributed by atoms with Crippen LogP contribution in [0.5, 0.6) is 5.75 Å². The zero-order valence-corrected chi connectivity index (χ0v) is 26.9. The zero-order chi connectivity index (χ0) is 31.7. The van der Waals surface area contributed by atoms with Crippen LogP contribution in [-0.2, 0) is 38.4 Å². The Balaban J connectivity index is 1.37. The molecule has 3 N–H and O–H groups in total. The van der Waals surface area contributed by atoms with E-state index in [1.165, 1.54) is 6.33 Å². The molecule has 6 atom stereocenters. The van der Waals surface area contributed by atoms with Crippen molar-refractivity contribution in [2.24, 2.45) is 5.92 Å². The maximum absolute atomic E-state index is 14.2. The van der Waals surface area contributed by atoms with Crippen LogP contribution in [-0.4, -0.2) is 63.9 Å². The third kappa shape index (κ3) is 6.63. The molecule has 14 heteroatoms. The van der Waals surface area contributed by atoms with Gasteiger partial charge in [-0.05, 0) is 57.9 Å². The van der Waals surface area contributed by atoms with E-state index in [0.717, 1.165) is 12.8 Å². The number of nitrogens with one attached hydrogen (secondary N) is 1. The Morgan fingerprint density at radius 3 is 2.55 bits per heavy atom. The number of hydrogen-bond donors (Lipinski definition) is 2. The van der Waals surface area contributed by atoms with E-state index in [-0.39, 0.29) is 19.1 Å². The molecule has 240 valence electrons. The summed E-state index contributed by atoms with van der Waals surface area (Å²) in [6, 6.07) is 11.3. The fourth-order valence-electron chi connectivity index (χ4n) is 5.62. The minimum absolute atomic E-state index is 0.205. The van der Waals surface area contributed by atoms with Crippen LogP contribution in [0.2, 0.25) is 0 Å². The summed E-state index contributed by atoms with van der Waals surface area (Å²) in [5.41, 5.74) is 6.33. The van der Waals surface area contributed by atoms with Crippen LogP contribution in [0, 0.1) is 5.92 Å². The first-order chi connectivity index (χ1) is 20.9. The van der Waals surface area contributed by atoms with Gasteiger partial charge in [0.05, 0.1) is 18.9 Å². The van der Waals surface area contributed by atoms with Crippen molar-refractivity contribution in [2.45, 2.75) is 90.1 Å². The number of nitrogens with zero attached hydrogens (tertiary/aromatic N) is 3. The summed E-state index contributed by atoms with van der Waals surface area (Å²) in [6.07, 6.45) is 1.25. The standard InChI is InChI=1S/C30H42N5O8P/c1-7-20(8-2)16-38-28(36)19(3)34-44(37,43-21-12-10-9-11-13-21)39-17-23-25-26(42-29(4,5)41-25)30(6,40-23)24-15-14-22-27(31)32-18-33-35(22)24/h9-15,18-20,23,25-26H,7-8,16-17H2,1-6H3,(H,34,37)(H2,31,32,33)/t19-,23?,25+,26+,30-,44?/m0/s1. The lowest BCUT2D eigenvalue weighted by molar-refractivity contribution is -0.211. The van der Waals surface area contributed by atoms with Crippen LogP contribution in [0.15, 0.2) is 48.8 Å². The van der Waals surface area contributed by atoms with Crippen molar-refractivity contribution in [2.75, 3.05) is 18.9 Å². The van der Waals surface area contributed by atoms with Crippen molar-refractivity contribution in [1.82, 2.24) is 19.7 Å². The number of fused-ring (bicyclic) bond motifs is 2. The van der Waals surface area contributed by atoms with Crippen LogP contribution in [0.25, 0.3) is 5.52 Å². The van der Waals surface area contributed by atoms with Gasteiger partial charge >= 0.3 is 13.7 Å². The second-order valence-corrected chi connectivity index (χ2v) is 13.5. The number of para-hydroxylation sites is 1. The minimum Gasteiger partial charge on any atom is -0.464 e. The highest BCUT2D eigenvalue weighted by atomic mass is 31.2. The van der Waals surface area contributed by atoms with Crippen molar-refractivity contribution < 1.29 is 37.4 Å². The summed E-state index contributed by atoms with van der Waals surface area (Å²) in [5.74, 6) is -0.608. The molecule has 2 saturated heterocycles. The van der Waals surface area contributed by atoms with Crippen molar-refractivity contribution in [3.8, 4) is 5.75 Å². The number of nitrogens with two attached hydrogens (primary N) is 1. The number of esters is 1. The van der Waals surface area contributed by atoms with Crippen LogP contribution in [0.4, 0.5) is 5.82 Å². The van der Waals surface area contributed by atoms with Gasteiger partial charge in [0.15, 0.2) is 11.6 Å². The predicted molar refractivity (Wildman–Crippen MR) is 162 cm³/mol. The predicted octanol–water partition coefficient (Wildman–Crippen LogP) is 4.61. The quantitative estimate of drug-likeness (QED) is 0.200. The summed E-state index contributed by atoms with van der Waals surface area (Å²) >= 11 is 0. The Morgan fingerprint density at radius 1 is 1.11 bits per heavy atom. The number of rotatable bonds is 13. The summed E-state index contributed by atoms with van der Waals surface area (Å²) in [5, 5.41) is 7.14. The maximum Gasteiger partial charge on any atom is 0.459 e. The Kier molecular flexibility index (Phi) is 9.36. The normalized spacial score (nSPS) is 26.4. The van der Waals surface area contributed by atoms with Gasteiger partial charge in [0.25, 0.3) is 0 Å². The number of nitrogen functional groups attached to an aromatic ring is 1. The highest BCUT2D eigenvalue weighted by Crippen LogP contribution is 2.51. The van der Waals surface area contributed by atoms with E-state index in [1.807, 2.05) is 46.8 Å². The monoisotopic (exact) mass is 631 g/mol. The maximum atomic E-state index is 14.2. The summed E-state index contributed by atoms with van der Waals surface area (Å²) in [7, 11) is -4.15. The second-order valence-electron chi connectivity index (χ2n) is 11.8. The van der Waals surface area contributed by atoms with Gasteiger partial charge in [-0.3, -0.25) is 9.32 Å². The molecular formula is C30H42N5O8P. The van der Waals surface area contributed by atoms with Gasteiger partial charge in [-0.2, -0.15) is 10.2 Å². The first-order valence-corrected chi connectivity index (χ1v) is 16.5. The van der Waals surface area contributed by atoms with Crippen LogP contribution < -0.4 is 15.3 Å². The van der Waals surface area contributed by atoms with E-state index < -0.39 is 49.5 Å². The molecule has 3 aromatic rings. The molecule has 2 unspecified atom stereocenters. The molecule has 13 nitrogen and oxygen atoms in total. The molecule has 2 aromatic heterocycles. The number of carbonyl (C=O) groups is 1. The topological polar surface area (TPSA) is 158 Å². The smallest absolute Gasteiger partial charge is 0.459 e. The Labute approximate surface area is 257 Å². The number of ether oxygens (including phenoxy) is 4. The highest BCUT2D eigenvalue weighted by Gasteiger charge is 2.62. The van der Waals surface area contributed by atoms with E-state index >= 15 is 0 Å². The second kappa shape index (κ2) is 12.7. The minimum atomic E-state index is -4.15. The Hall–Kier alpha value is -3.06. The summed E-state index contributed by atoms with van der Waals surface area (Å²) in [4.78, 5) is 16.9. The van der Waals surface area contributed by atoms with Gasteiger partial charge in [0, 0.05) is 0 Å². The average molecular weight is 632 g/mol. The van der Waals surface area contributed by atoms with E-state index in [4.69, 9.17) is 33.7 Å². The van der Waals surface area contributed by atoms with Crippen LogP contribution >= 0.6 is 7.75 Å². The fraction of sp³-hybridized carbons (Fsp3) is 0.567. The van der Waals surface area contributed by atoms with E-state index in [1.54, 1.807) is 41.8 Å². The molecule has 5 rings (SSSR count). The molecule has 2 aliphatic heterocycles. The molecule has 2 fully saturated rings. The van der Waals surface area contributed by atoms with E-state index in [2.05, 4.69) is 15.2 Å². The number of aromatic nitrogens is 3. The molecular weight excluding hydrogens is 589 g/mol. The Morgan fingerprint density at radius 2 is 1.84 bits per heavy atom. The van der Waals surface area contributed by atoms with Crippen molar-refractivity contribution in [3.05, 3.63) is 54.5 Å². The first-order valence-electron chi connectivity index (χ1n) is 14.9. The molecule has 1 aromatic carbocycles. The number of carbonyl (C=O) groups excluding carboxylic acids is 1. The Bertz CT molecular complexity index is 1500. The van der Waals surface area contributed by atoms with Gasteiger partial charge in [-0.25, -0.2) is 14.1 Å². The number of benzene rings is 1. The molecule has 0 spiro atoms. The van der Waals surface area contributed by atoms with E-state index in [0.29, 0.717) is 22.8 Å². The molecule has 0 bridgehead atoms. The zero-order valence-electron chi connectivity index (χ0n) is 26.0. The molecule has 0 radical (unpaired) electrons. The van der Waals surface area contributed by atoms with Crippen LogP contribution in [0.1, 0.15) is 60.1 Å². The highest BCUT2D eigenvalue weighted by molar-refractivity contribution is 7.52. The summed E-state index contributed by atoms with van der Waals surface area (Å²) in [6.45, 7) is 11.2. The van der Waals surface area contributed by atoms with E-state index in [9.17, 15) is 9.36 Å². The fourth-order valence-corrected chi connectivity index (χ4v) is 7.12. The molecule has 0 amide bonds. The molecule has 44 heavy (non-hydrogen) atoms. The molecule has 2 aliphatic rings. The van der Waals surface area contributed by atoms with Gasteiger partial charge in [0.2, 0.25) is 0 Å². The van der Waals surface area contributed by atoms with Crippen LogP contribution in [0.3, 0.4) is 0 Å². The number of hydrogen-bond acceptors (Lipinski definition) is 11. The third-order valence-corrected chi connectivity index (χ3v) is 9.77. The lowest BCUT2D eigenvalue weighted by atomic mass is 9.93. The third-order valence-electron chi connectivity index (χ3n) is 8.12. The average Bonchev–Trinajstić information content (AvgIpc) is 3.64. The van der Waals surface area contributed by atoms with Gasteiger partial charge in [-0.15, -0.1) is 0 Å². The lowest BCUT2D eigenvalue weighted by Gasteiger charge is -2.31. The molecule has 4 heterocycles. The van der Waals surface area contributed by atoms with Crippen molar-refractivity contribution in [1.29, 1.82) is 0 Å². The van der Waals surface area contributed by atoms with Gasteiger partial charge in [0.1, 0.15) is 47.5 Å². The largest absolute Gasteiger partial charge is 0.464 e. The van der Waals surface area contributed by atoms with Crippen molar-refractivity contribution in [3.63, 3.8) is 0 Å². The van der Waals surface area contributed by atoms with Crippen molar-refractivity contribution >= 4 is 25.1 Å².